The summed E-state index contributed by atoms with van der Waals surface area (Å²) in [6.07, 6.45) is 25.6. The zero-order chi connectivity index (χ0) is 13.9. The number of hydrogen-bond acceptors (Lipinski definition) is 0. The molecule has 0 atom stereocenters. The number of hydrogen-bond donors (Lipinski definition) is 0. The second-order valence-corrected chi connectivity index (χ2v) is 4.00. The Morgan fingerprint density at radius 1 is 0.737 bits per heavy atom. The molecule has 0 aliphatic rings. The van der Waals surface area contributed by atoms with Gasteiger partial charge >= 0.3 is 26.2 Å². The van der Waals surface area contributed by atoms with Crippen LogP contribution in [-0.2, 0) is 26.2 Å². The Balaban J connectivity index is -0.000000256. The van der Waals surface area contributed by atoms with E-state index in [1.54, 1.807) is 0 Å². The van der Waals surface area contributed by atoms with Gasteiger partial charge in [0.25, 0.3) is 0 Å². The number of unbranched alkanes of at least 4 members (excludes halogenated alkanes) is 4. The van der Waals surface area contributed by atoms with Crippen molar-refractivity contribution >= 4 is 0 Å². The van der Waals surface area contributed by atoms with Gasteiger partial charge in [0.15, 0.2) is 0 Å². The molecule has 0 aliphatic heterocycles. The van der Waals surface area contributed by atoms with Gasteiger partial charge in [-0.3, -0.25) is 12.2 Å². The Morgan fingerprint density at radius 2 is 1.11 bits per heavy atom. The molecule has 0 heterocycles. The minimum absolute atomic E-state index is 0. The molecule has 0 unspecified atom stereocenters. The van der Waals surface area contributed by atoms with E-state index in [0.717, 1.165) is 12.8 Å². The summed E-state index contributed by atoms with van der Waals surface area (Å²) >= 11 is 0. The normalized spacial score (nSPS) is 11.2. The van der Waals surface area contributed by atoms with Crippen molar-refractivity contribution in [2.24, 2.45) is 0 Å². The summed E-state index contributed by atoms with van der Waals surface area (Å²) in [4.78, 5) is 0. The van der Waals surface area contributed by atoms with Crippen LogP contribution < -0.4 is 0 Å². The predicted molar refractivity (Wildman–Crippen MR) is 84.3 cm³/mol. The monoisotopic (exact) mass is 336 g/mol. The Morgan fingerprint density at radius 3 is 1.37 bits per heavy atom. The van der Waals surface area contributed by atoms with Gasteiger partial charge in [-0.25, -0.2) is 24.3 Å². The predicted octanol–water partition coefficient (Wildman–Crippen LogP) is 6.22. The summed E-state index contributed by atoms with van der Waals surface area (Å²) in [5, 5.41) is 0. The van der Waals surface area contributed by atoms with Crippen LogP contribution in [0.1, 0.15) is 66.2 Å². The molecule has 1 heteroatoms. The van der Waals surface area contributed by atoms with E-state index >= 15 is 0 Å². The molecular weight excluding hydrogens is 307 g/mol. The first-order valence-electron chi connectivity index (χ1n) is 7.19. The molecule has 0 fully saturated rings. The van der Waals surface area contributed by atoms with Crippen LogP contribution in [0, 0.1) is 12.2 Å². The van der Waals surface area contributed by atoms with Gasteiger partial charge in [0.05, 0.1) is 0 Å². The summed E-state index contributed by atoms with van der Waals surface area (Å²) < 4.78 is 0. The topological polar surface area (TPSA) is 0 Å². The van der Waals surface area contributed by atoms with Crippen molar-refractivity contribution in [1.82, 2.24) is 0 Å². The van der Waals surface area contributed by atoms with Crippen molar-refractivity contribution in [3.63, 3.8) is 0 Å². The van der Waals surface area contributed by atoms with Crippen molar-refractivity contribution in [2.45, 2.75) is 66.2 Å². The van der Waals surface area contributed by atoms with E-state index in [-0.39, 0.29) is 26.2 Å². The minimum atomic E-state index is 0. The van der Waals surface area contributed by atoms with E-state index in [9.17, 15) is 0 Å². The molecule has 0 aromatic heterocycles. The van der Waals surface area contributed by atoms with Crippen LogP contribution in [0.2, 0.25) is 0 Å². The van der Waals surface area contributed by atoms with Crippen molar-refractivity contribution in [3.8, 4) is 0 Å². The Kier molecular flexibility index (Phi) is 33.2. The quantitative estimate of drug-likeness (QED) is 0.280. The molecule has 0 radical (unpaired) electrons. The third kappa shape index (κ3) is 31.9. The molecule has 19 heavy (non-hydrogen) atoms. The fourth-order valence-electron chi connectivity index (χ4n) is 1.05. The van der Waals surface area contributed by atoms with Crippen molar-refractivity contribution in [2.75, 3.05) is 0 Å². The van der Waals surface area contributed by atoms with Crippen LogP contribution in [-0.4, -0.2) is 0 Å². The summed E-state index contributed by atoms with van der Waals surface area (Å²) in [5.74, 6) is 0. The van der Waals surface area contributed by atoms with Crippen LogP contribution in [0.4, 0.5) is 0 Å². The van der Waals surface area contributed by atoms with E-state index < -0.39 is 0 Å². The van der Waals surface area contributed by atoms with Gasteiger partial charge < -0.3 is 0 Å². The SMILES string of the molecule is CC=CC=[C-]CCCC.CC=CC=[C-]CCCC.[Zr+2]. The fraction of sp³-hybridized carbons (Fsp3) is 0.556. The molecule has 0 aromatic rings. The maximum Gasteiger partial charge on any atom is 2.00 e. The summed E-state index contributed by atoms with van der Waals surface area (Å²) in [7, 11) is 0. The molecule has 106 valence electrons. The minimum Gasteiger partial charge on any atom is -0.275 e. The zero-order valence-electron chi connectivity index (χ0n) is 13.2. The van der Waals surface area contributed by atoms with Gasteiger partial charge in [-0.1, -0.05) is 53.4 Å². The van der Waals surface area contributed by atoms with Gasteiger partial charge in [0, 0.05) is 0 Å². The van der Waals surface area contributed by atoms with Crippen molar-refractivity contribution in [1.29, 1.82) is 0 Å². The van der Waals surface area contributed by atoms with Crippen molar-refractivity contribution < 1.29 is 26.2 Å². The van der Waals surface area contributed by atoms with Gasteiger partial charge in [-0.15, -0.1) is 12.8 Å². The molecule has 0 amide bonds. The molecular formula is C18H30Zr. The molecule has 0 saturated carbocycles. The fourth-order valence-corrected chi connectivity index (χ4v) is 1.05. The Hall–Kier alpha value is -0.157. The smallest absolute Gasteiger partial charge is 0.275 e. The summed E-state index contributed by atoms with van der Waals surface area (Å²) in [5.41, 5.74) is 0. The van der Waals surface area contributed by atoms with Crippen LogP contribution >= 0.6 is 0 Å². The first kappa shape index (κ1) is 23.9. The average Bonchev–Trinajstić information content (AvgIpc) is 2.39. The third-order valence-electron chi connectivity index (χ3n) is 2.16. The summed E-state index contributed by atoms with van der Waals surface area (Å²) in [6.45, 7) is 8.41. The van der Waals surface area contributed by atoms with Crippen molar-refractivity contribution in [3.05, 3.63) is 48.6 Å². The van der Waals surface area contributed by atoms with Gasteiger partial charge in [0.1, 0.15) is 0 Å². The van der Waals surface area contributed by atoms with E-state index in [0.29, 0.717) is 0 Å². The van der Waals surface area contributed by atoms with Gasteiger partial charge in [0.2, 0.25) is 0 Å². The second kappa shape index (κ2) is 26.4. The second-order valence-electron chi connectivity index (χ2n) is 4.00. The van der Waals surface area contributed by atoms with Crippen LogP contribution in [0.25, 0.3) is 0 Å². The van der Waals surface area contributed by atoms with Crippen LogP contribution in [0.15, 0.2) is 36.5 Å². The van der Waals surface area contributed by atoms with Crippen LogP contribution in [0.5, 0.6) is 0 Å². The summed E-state index contributed by atoms with van der Waals surface area (Å²) in [6, 6.07) is 0. The van der Waals surface area contributed by atoms with Crippen LogP contribution in [0.3, 0.4) is 0 Å². The van der Waals surface area contributed by atoms with E-state index in [1.165, 1.54) is 25.7 Å². The number of rotatable bonds is 8. The molecule has 0 spiro atoms. The molecule has 0 nitrogen and oxygen atoms in total. The maximum atomic E-state index is 3.18. The molecule has 0 aliphatic carbocycles. The first-order valence-corrected chi connectivity index (χ1v) is 7.19. The standard InChI is InChI=1S/2C9H15.Zr/c2*1-3-5-7-9-8-6-4-2;/h2*3,5,7H,4,6,8H2,1-2H3;/q2*-1;+2. The van der Waals surface area contributed by atoms with Gasteiger partial charge in [-0.05, 0) is 0 Å². The van der Waals surface area contributed by atoms with E-state index in [2.05, 4.69) is 26.0 Å². The number of allylic oxidation sites excluding steroid dienone is 8. The average molecular weight is 338 g/mol. The van der Waals surface area contributed by atoms with Gasteiger partial charge in [-0.2, -0.15) is 12.2 Å². The van der Waals surface area contributed by atoms with E-state index in [4.69, 9.17) is 0 Å². The molecule has 0 saturated heterocycles. The largest absolute Gasteiger partial charge is 2.00 e. The molecule has 0 bridgehead atoms. The maximum absolute atomic E-state index is 3.18. The molecule has 0 N–H and O–H groups in total. The third-order valence-corrected chi connectivity index (χ3v) is 2.16. The Bertz CT molecular complexity index is 208. The van der Waals surface area contributed by atoms with E-state index in [1.807, 2.05) is 50.3 Å². The zero-order valence-corrected chi connectivity index (χ0v) is 15.7. The Labute approximate surface area is 140 Å². The molecule has 0 rings (SSSR count). The first-order chi connectivity index (χ1) is 8.83. The molecule has 0 aromatic carbocycles.